The van der Waals surface area contributed by atoms with E-state index >= 15 is 0 Å². The Labute approximate surface area is 201 Å². The van der Waals surface area contributed by atoms with Gasteiger partial charge in [-0.05, 0) is 42.2 Å². The number of guanidine groups is 1. The van der Waals surface area contributed by atoms with Crippen molar-refractivity contribution in [1.82, 2.24) is 25.8 Å². The highest BCUT2D eigenvalue weighted by Gasteiger charge is 2.09. The molecule has 3 aromatic rings. The lowest BCUT2D eigenvalue weighted by Gasteiger charge is -2.19. The van der Waals surface area contributed by atoms with Crippen LogP contribution in [0, 0.1) is 5.92 Å². The van der Waals surface area contributed by atoms with E-state index in [1.807, 2.05) is 24.3 Å². The largest absolute Gasteiger partial charge is 0.493 e. The van der Waals surface area contributed by atoms with Crippen molar-refractivity contribution in [3.05, 3.63) is 66.0 Å². The minimum atomic E-state index is 0. The lowest BCUT2D eigenvalue weighted by Crippen LogP contribution is -2.38. The number of aromatic nitrogens is 3. The van der Waals surface area contributed by atoms with Crippen LogP contribution in [0.1, 0.15) is 37.9 Å². The molecule has 0 fully saturated rings. The summed E-state index contributed by atoms with van der Waals surface area (Å²) < 4.78 is 5.76. The van der Waals surface area contributed by atoms with Gasteiger partial charge in [-0.1, -0.05) is 44.2 Å². The average molecular weight is 534 g/mol. The highest BCUT2D eigenvalue weighted by molar-refractivity contribution is 14.0. The summed E-state index contributed by atoms with van der Waals surface area (Å²) in [6, 6.07) is 16.5. The Bertz CT molecular complexity index is 941. The van der Waals surface area contributed by atoms with Gasteiger partial charge in [0.25, 0.3) is 0 Å². The summed E-state index contributed by atoms with van der Waals surface area (Å²) >= 11 is 0. The van der Waals surface area contributed by atoms with Gasteiger partial charge in [0.2, 0.25) is 0 Å². The Morgan fingerprint density at radius 3 is 2.55 bits per heavy atom. The van der Waals surface area contributed by atoms with Gasteiger partial charge in [-0.25, -0.2) is 4.98 Å². The first-order valence-corrected chi connectivity index (χ1v) is 10.2. The molecule has 3 N–H and O–H groups in total. The number of rotatable bonds is 8. The number of nitrogens with zero attached hydrogens (tertiary/aromatic N) is 3. The van der Waals surface area contributed by atoms with Gasteiger partial charge in [0.05, 0.1) is 12.6 Å². The fourth-order valence-electron chi connectivity index (χ4n) is 2.96. The second kappa shape index (κ2) is 12.3. The zero-order valence-electron chi connectivity index (χ0n) is 18.4. The Morgan fingerprint density at radius 2 is 1.90 bits per heavy atom. The molecule has 8 heteroatoms. The van der Waals surface area contributed by atoms with Gasteiger partial charge in [0.15, 0.2) is 11.8 Å². The molecule has 0 aliphatic rings. The quantitative estimate of drug-likeness (QED) is 0.224. The first-order valence-electron chi connectivity index (χ1n) is 10.2. The van der Waals surface area contributed by atoms with Crippen molar-refractivity contribution in [2.45, 2.75) is 33.4 Å². The summed E-state index contributed by atoms with van der Waals surface area (Å²) in [5.74, 6) is 2.91. The molecule has 0 saturated heterocycles. The summed E-state index contributed by atoms with van der Waals surface area (Å²) in [7, 11) is 1.77. The number of aromatic amines is 1. The van der Waals surface area contributed by atoms with E-state index in [2.05, 4.69) is 75.8 Å². The van der Waals surface area contributed by atoms with Crippen molar-refractivity contribution in [3.63, 3.8) is 0 Å². The molecule has 1 unspecified atom stereocenters. The number of hydrogen-bond donors (Lipinski definition) is 3. The third kappa shape index (κ3) is 7.54. The minimum Gasteiger partial charge on any atom is -0.493 e. The van der Waals surface area contributed by atoms with Crippen molar-refractivity contribution in [2.24, 2.45) is 10.9 Å². The van der Waals surface area contributed by atoms with Crippen LogP contribution < -0.4 is 15.4 Å². The smallest absolute Gasteiger partial charge is 0.191 e. The summed E-state index contributed by atoms with van der Waals surface area (Å²) in [4.78, 5) is 8.55. The van der Waals surface area contributed by atoms with E-state index in [0.717, 1.165) is 35.3 Å². The second-order valence-electron chi connectivity index (χ2n) is 7.60. The normalized spacial score (nSPS) is 12.2. The predicted molar refractivity (Wildman–Crippen MR) is 136 cm³/mol. The predicted octanol–water partition coefficient (Wildman–Crippen LogP) is 4.55. The van der Waals surface area contributed by atoms with Gasteiger partial charge >= 0.3 is 0 Å². The molecule has 1 atom stereocenters. The van der Waals surface area contributed by atoms with Gasteiger partial charge in [-0.15, -0.1) is 24.0 Å². The van der Waals surface area contributed by atoms with E-state index in [1.54, 1.807) is 7.05 Å². The van der Waals surface area contributed by atoms with Crippen LogP contribution >= 0.6 is 24.0 Å². The van der Waals surface area contributed by atoms with Crippen LogP contribution in [0.2, 0.25) is 0 Å². The summed E-state index contributed by atoms with van der Waals surface area (Å²) in [6.45, 7) is 7.77. The monoisotopic (exact) mass is 534 g/mol. The SMILES string of the molecule is CN=C(NCc1cccc(-c2ncn[nH]2)c1)NC(C)c1ccc(OCC(C)C)cc1.I. The molecule has 0 saturated carbocycles. The van der Waals surface area contributed by atoms with Crippen molar-refractivity contribution < 1.29 is 4.74 Å². The number of halogens is 1. The first kappa shape index (κ1) is 24.6. The van der Waals surface area contributed by atoms with Crippen molar-refractivity contribution in [2.75, 3.05) is 13.7 Å². The molecule has 3 rings (SSSR count). The highest BCUT2D eigenvalue weighted by atomic mass is 127. The molecule has 166 valence electrons. The van der Waals surface area contributed by atoms with E-state index < -0.39 is 0 Å². The standard InChI is InChI=1S/C23H30N6O.HI/c1-16(2)14-30-21-10-8-19(9-11-21)17(3)28-23(24-4)25-13-18-6-5-7-20(12-18)22-26-15-27-29-22;/h5-12,15-17H,13-14H2,1-4H3,(H2,24,25,28)(H,26,27,29);1H. The minimum absolute atomic E-state index is 0. The van der Waals surface area contributed by atoms with Crippen LogP contribution in [-0.4, -0.2) is 34.8 Å². The molecule has 0 radical (unpaired) electrons. The van der Waals surface area contributed by atoms with Gasteiger partial charge in [0, 0.05) is 19.2 Å². The number of ether oxygens (including phenoxy) is 1. The molecular formula is C23H31IN6O. The van der Waals surface area contributed by atoms with Crippen LogP contribution in [0.4, 0.5) is 0 Å². The Hall–Kier alpha value is -2.62. The lowest BCUT2D eigenvalue weighted by molar-refractivity contribution is 0.271. The van der Waals surface area contributed by atoms with Crippen molar-refractivity contribution in [3.8, 4) is 17.1 Å². The van der Waals surface area contributed by atoms with Gasteiger partial charge < -0.3 is 15.4 Å². The zero-order valence-corrected chi connectivity index (χ0v) is 20.8. The molecule has 1 heterocycles. The first-order chi connectivity index (χ1) is 14.5. The van der Waals surface area contributed by atoms with Gasteiger partial charge in [0.1, 0.15) is 12.1 Å². The molecule has 0 aliphatic carbocycles. The Morgan fingerprint density at radius 1 is 1.13 bits per heavy atom. The van der Waals surface area contributed by atoms with E-state index in [1.165, 1.54) is 11.9 Å². The maximum atomic E-state index is 5.76. The summed E-state index contributed by atoms with van der Waals surface area (Å²) in [5, 5.41) is 13.6. The van der Waals surface area contributed by atoms with Crippen LogP contribution in [0.25, 0.3) is 11.4 Å². The van der Waals surface area contributed by atoms with Gasteiger partial charge in [-0.2, -0.15) is 5.10 Å². The number of aliphatic imine (C=N–C) groups is 1. The molecule has 0 amide bonds. The van der Waals surface area contributed by atoms with Crippen molar-refractivity contribution in [1.29, 1.82) is 0 Å². The van der Waals surface area contributed by atoms with E-state index in [-0.39, 0.29) is 30.0 Å². The summed E-state index contributed by atoms with van der Waals surface area (Å²) in [6.07, 6.45) is 1.51. The van der Waals surface area contributed by atoms with Crippen LogP contribution in [0.15, 0.2) is 59.9 Å². The lowest BCUT2D eigenvalue weighted by atomic mass is 10.1. The number of H-pyrrole nitrogens is 1. The number of benzene rings is 2. The van der Waals surface area contributed by atoms with Crippen LogP contribution in [0.3, 0.4) is 0 Å². The van der Waals surface area contributed by atoms with Crippen LogP contribution in [-0.2, 0) is 6.54 Å². The Kier molecular flexibility index (Phi) is 9.77. The van der Waals surface area contributed by atoms with Crippen LogP contribution in [0.5, 0.6) is 5.75 Å². The molecule has 0 aliphatic heterocycles. The molecule has 2 aromatic carbocycles. The third-order valence-corrected chi connectivity index (χ3v) is 4.62. The topological polar surface area (TPSA) is 87.2 Å². The van der Waals surface area contributed by atoms with Crippen molar-refractivity contribution >= 4 is 29.9 Å². The molecule has 0 bridgehead atoms. The molecular weight excluding hydrogens is 503 g/mol. The highest BCUT2D eigenvalue weighted by Crippen LogP contribution is 2.18. The second-order valence-corrected chi connectivity index (χ2v) is 7.60. The molecule has 1 aromatic heterocycles. The van der Waals surface area contributed by atoms with E-state index in [0.29, 0.717) is 12.5 Å². The molecule has 7 nitrogen and oxygen atoms in total. The average Bonchev–Trinajstić information content (AvgIpc) is 3.30. The Balaban J connectivity index is 0.00000341. The number of hydrogen-bond acceptors (Lipinski definition) is 4. The maximum Gasteiger partial charge on any atom is 0.191 e. The molecule has 31 heavy (non-hydrogen) atoms. The fourth-order valence-corrected chi connectivity index (χ4v) is 2.96. The fraction of sp³-hybridized carbons (Fsp3) is 0.348. The van der Waals surface area contributed by atoms with E-state index in [4.69, 9.17) is 4.74 Å². The maximum absolute atomic E-state index is 5.76. The zero-order chi connectivity index (χ0) is 21.3. The number of nitrogens with one attached hydrogen (secondary N) is 3. The molecule has 0 spiro atoms. The summed E-state index contributed by atoms with van der Waals surface area (Å²) in [5.41, 5.74) is 3.30. The third-order valence-electron chi connectivity index (χ3n) is 4.62. The van der Waals surface area contributed by atoms with E-state index in [9.17, 15) is 0 Å². The van der Waals surface area contributed by atoms with Gasteiger partial charge in [-0.3, -0.25) is 10.1 Å².